The summed E-state index contributed by atoms with van der Waals surface area (Å²) in [7, 11) is 0. The molecule has 1 spiro atoms. The standard InChI is InChI=1S/C17H18F3N3O5/c18-9-4-8(5-10(19)13(9)20)11-6-23(22-21-11)14-15(25)12(7-24)28-17(16(14)26)2-1-3-27-17/h4-6,12,14-16,24-26H,1-3,7H2/t12-,14+,15+,16-,17+/m1/s1. The Bertz CT molecular complexity index is 850. The minimum atomic E-state index is -1.60. The molecule has 28 heavy (non-hydrogen) atoms. The van der Waals surface area contributed by atoms with E-state index in [-0.39, 0.29) is 11.3 Å². The molecule has 3 N–H and O–H groups in total. The number of nitrogens with zero attached hydrogens (tertiary/aromatic N) is 3. The molecule has 5 atom stereocenters. The molecule has 0 saturated carbocycles. The monoisotopic (exact) mass is 401 g/mol. The predicted octanol–water partition coefficient (Wildman–Crippen LogP) is 0.523. The van der Waals surface area contributed by atoms with Gasteiger partial charge in [-0.25, -0.2) is 17.9 Å². The normalized spacial score (nSPS) is 32.9. The van der Waals surface area contributed by atoms with Crippen molar-refractivity contribution in [3.8, 4) is 11.3 Å². The van der Waals surface area contributed by atoms with E-state index in [0.29, 0.717) is 19.4 Å². The maximum Gasteiger partial charge on any atom is 0.197 e. The van der Waals surface area contributed by atoms with Gasteiger partial charge in [-0.05, 0) is 18.6 Å². The second-order valence-corrected chi connectivity index (χ2v) is 6.87. The van der Waals surface area contributed by atoms with E-state index in [1.54, 1.807) is 0 Å². The molecule has 3 heterocycles. The van der Waals surface area contributed by atoms with Crippen LogP contribution >= 0.6 is 0 Å². The van der Waals surface area contributed by atoms with Crippen LogP contribution in [0.25, 0.3) is 11.3 Å². The maximum atomic E-state index is 13.5. The van der Waals surface area contributed by atoms with E-state index in [1.807, 2.05) is 0 Å². The molecule has 2 saturated heterocycles. The summed E-state index contributed by atoms with van der Waals surface area (Å²) in [5.74, 6) is -5.77. The van der Waals surface area contributed by atoms with Crippen LogP contribution in [0.5, 0.6) is 0 Å². The van der Waals surface area contributed by atoms with Gasteiger partial charge in [0.05, 0.1) is 19.4 Å². The van der Waals surface area contributed by atoms with Crippen molar-refractivity contribution >= 4 is 0 Å². The van der Waals surface area contributed by atoms with E-state index in [4.69, 9.17) is 9.47 Å². The Morgan fingerprint density at radius 1 is 1.21 bits per heavy atom. The topological polar surface area (TPSA) is 110 Å². The zero-order chi connectivity index (χ0) is 20.1. The van der Waals surface area contributed by atoms with Crippen LogP contribution in [0.2, 0.25) is 0 Å². The number of rotatable bonds is 3. The zero-order valence-corrected chi connectivity index (χ0v) is 14.5. The molecule has 2 fully saturated rings. The summed E-state index contributed by atoms with van der Waals surface area (Å²) in [6, 6.07) is 0.434. The first-order valence-corrected chi connectivity index (χ1v) is 8.72. The number of aliphatic hydroxyl groups is 3. The lowest BCUT2D eigenvalue weighted by Crippen LogP contribution is -2.62. The number of halogens is 3. The Kier molecular flexibility index (Phi) is 4.88. The van der Waals surface area contributed by atoms with E-state index < -0.39 is 54.2 Å². The Hall–Kier alpha value is -2.05. The van der Waals surface area contributed by atoms with Gasteiger partial charge in [0.1, 0.15) is 30.0 Å². The third-order valence-corrected chi connectivity index (χ3v) is 5.15. The van der Waals surface area contributed by atoms with Crippen LogP contribution in [-0.2, 0) is 9.47 Å². The molecule has 0 bridgehead atoms. The molecule has 2 aromatic rings. The van der Waals surface area contributed by atoms with Gasteiger partial charge in [-0.1, -0.05) is 5.21 Å². The van der Waals surface area contributed by atoms with E-state index in [9.17, 15) is 28.5 Å². The van der Waals surface area contributed by atoms with Gasteiger partial charge >= 0.3 is 0 Å². The van der Waals surface area contributed by atoms with Crippen molar-refractivity contribution in [1.29, 1.82) is 0 Å². The van der Waals surface area contributed by atoms with Crippen molar-refractivity contribution in [3.05, 3.63) is 35.8 Å². The Morgan fingerprint density at radius 2 is 1.93 bits per heavy atom. The van der Waals surface area contributed by atoms with Gasteiger partial charge in [0.2, 0.25) is 0 Å². The highest BCUT2D eigenvalue weighted by Gasteiger charge is 2.57. The molecule has 4 rings (SSSR count). The average Bonchev–Trinajstić information content (AvgIpc) is 3.33. The highest BCUT2D eigenvalue weighted by molar-refractivity contribution is 5.57. The van der Waals surface area contributed by atoms with Crippen molar-refractivity contribution in [2.24, 2.45) is 0 Å². The molecule has 1 aromatic heterocycles. The van der Waals surface area contributed by atoms with E-state index in [0.717, 1.165) is 16.8 Å². The quantitative estimate of drug-likeness (QED) is 0.644. The van der Waals surface area contributed by atoms with Gasteiger partial charge in [0, 0.05) is 12.0 Å². The molecular weight excluding hydrogens is 383 g/mol. The average molecular weight is 401 g/mol. The molecule has 2 aliphatic heterocycles. The summed E-state index contributed by atoms with van der Waals surface area (Å²) in [5.41, 5.74) is -0.0603. The first kappa shape index (κ1) is 19.3. The van der Waals surface area contributed by atoms with Gasteiger partial charge in [-0.3, -0.25) is 0 Å². The van der Waals surface area contributed by atoms with E-state index >= 15 is 0 Å². The van der Waals surface area contributed by atoms with Gasteiger partial charge in [-0.2, -0.15) is 0 Å². The summed E-state index contributed by atoms with van der Waals surface area (Å²) in [6.45, 7) is -0.180. The first-order chi connectivity index (χ1) is 13.4. The first-order valence-electron chi connectivity index (χ1n) is 8.72. The molecule has 152 valence electrons. The molecule has 0 amide bonds. The molecule has 11 heteroatoms. The molecule has 1 aromatic carbocycles. The zero-order valence-electron chi connectivity index (χ0n) is 14.5. The fourth-order valence-corrected chi connectivity index (χ4v) is 3.73. The van der Waals surface area contributed by atoms with Crippen molar-refractivity contribution in [3.63, 3.8) is 0 Å². The summed E-state index contributed by atoms with van der Waals surface area (Å²) >= 11 is 0. The van der Waals surface area contributed by atoms with Gasteiger partial charge < -0.3 is 24.8 Å². The van der Waals surface area contributed by atoms with Gasteiger partial charge in [-0.15, -0.1) is 5.10 Å². The lowest BCUT2D eigenvalue weighted by molar-refractivity contribution is -0.339. The highest BCUT2D eigenvalue weighted by Crippen LogP contribution is 2.42. The highest BCUT2D eigenvalue weighted by atomic mass is 19.2. The molecular formula is C17H18F3N3O5. The molecule has 2 aliphatic rings. The van der Waals surface area contributed by atoms with Crippen LogP contribution in [-0.4, -0.2) is 67.6 Å². The number of benzene rings is 1. The molecule has 0 radical (unpaired) electrons. The number of ether oxygens (including phenoxy) is 2. The van der Waals surface area contributed by atoms with Crippen LogP contribution < -0.4 is 0 Å². The van der Waals surface area contributed by atoms with Crippen molar-refractivity contribution in [2.75, 3.05) is 13.2 Å². The molecule has 0 aliphatic carbocycles. The minimum Gasteiger partial charge on any atom is -0.394 e. The summed E-state index contributed by atoms with van der Waals surface area (Å²) in [5, 5.41) is 38.5. The number of hydrogen-bond acceptors (Lipinski definition) is 7. The number of aromatic nitrogens is 3. The third-order valence-electron chi connectivity index (χ3n) is 5.15. The van der Waals surface area contributed by atoms with Crippen LogP contribution in [0, 0.1) is 17.5 Å². The Morgan fingerprint density at radius 3 is 2.54 bits per heavy atom. The van der Waals surface area contributed by atoms with E-state index in [2.05, 4.69) is 10.3 Å². The second-order valence-electron chi connectivity index (χ2n) is 6.87. The van der Waals surface area contributed by atoms with Crippen LogP contribution in [0.3, 0.4) is 0 Å². The van der Waals surface area contributed by atoms with Crippen LogP contribution in [0.4, 0.5) is 13.2 Å². The smallest absolute Gasteiger partial charge is 0.197 e. The van der Waals surface area contributed by atoms with Crippen LogP contribution in [0.15, 0.2) is 18.3 Å². The maximum absolute atomic E-state index is 13.5. The largest absolute Gasteiger partial charge is 0.394 e. The molecule has 8 nitrogen and oxygen atoms in total. The van der Waals surface area contributed by atoms with Crippen LogP contribution in [0.1, 0.15) is 18.9 Å². The van der Waals surface area contributed by atoms with Gasteiger partial charge in [0.15, 0.2) is 23.2 Å². The predicted molar refractivity (Wildman–Crippen MR) is 86.3 cm³/mol. The summed E-state index contributed by atoms with van der Waals surface area (Å²) in [6.07, 6.45) is -1.51. The van der Waals surface area contributed by atoms with Crippen molar-refractivity contribution in [1.82, 2.24) is 15.0 Å². The third kappa shape index (κ3) is 2.99. The fourth-order valence-electron chi connectivity index (χ4n) is 3.73. The fraction of sp³-hybridized carbons (Fsp3) is 0.529. The summed E-state index contributed by atoms with van der Waals surface area (Å²) < 4.78 is 52.5. The second kappa shape index (κ2) is 7.08. The SMILES string of the molecule is OC[C@H]1O[C@@]2(CCCO2)[C@H](O)[C@@H](n2cc(-c3cc(F)c(F)c(F)c3)nn2)[C@H]1O. The van der Waals surface area contributed by atoms with Crippen molar-refractivity contribution in [2.45, 2.75) is 43.0 Å². The van der Waals surface area contributed by atoms with Gasteiger partial charge in [0.25, 0.3) is 0 Å². The lowest BCUT2D eigenvalue weighted by Gasteiger charge is -2.47. The molecule has 0 unspecified atom stereocenters. The van der Waals surface area contributed by atoms with Crippen molar-refractivity contribution < 1.29 is 38.0 Å². The Labute approximate surface area is 157 Å². The number of hydrogen-bond donors (Lipinski definition) is 3. The lowest BCUT2D eigenvalue weighted by atomic mass is 9.89. The number of aliphatic hydroxyl groups excluding tert-OH is 3. The van der Waals surface area contributed by atoms with E-state index in [1.165, 1.54) is 6.20 Å². The minimum absolute atomic E-state index is 0.00521. The Balaban J connectivity index is 1.70. The summed E-state index contributed by atoms with van der Waals surface area (Å²) in [4.78, 5) is 0.